The summed E-state index contributed by atoms with van der Waals surface area (Å²) >= 11 is 0. The number of nitrogens with zero attached hydrogens (tertiary/aromatic N) is 1. The lowest BCUT2D eigenvalue weighted by Gasteiger charge is -1.99. The van der Waals surface area contributed by atoms with E-state index in [-0.39, 0.29) is 0 Å². The van der Waals surface area contributed by atoms with Crippen LogP contribution in [0.25, 0.3) is 18.4 Å². The van der Waals surface area contributed by atoms with Gasteiger partial charge in [0.15, 0.2) is 0 Å². The number of hydrogen-bond donors (Lipinski definition) is 0. The molecule has 0 atom stereocenters. The van der Waals surface area contributed by atoms with E-state index in [1.807, 2.05) is 0 Å². The first-order chi connectivity index (χ1) is 6.95. The Morgan fingerprint density at radius 3 is 3.00 bits per heavy atom. The molecule has 3 rings (SSSR count). The zero-order chi connectivity index (χ0) is 9.38. The Kier molecular flexibility index (Phi) is 1.57. The number of allylic oxidation sites excluding steroid dienone is 5. The van der Waals surface area contributed by atoms with Gasteiger partial charge in [-0.25, -0.2) is 0 Å². The molecule has 0 saturated heterocycles. The molecule has 68 valence electrons. The molecule has 1 aliphatic heterocycles. The van der Waals surface area contributed by atoms with Crippen molar-refractivity contribution >= 4 is 18.4 Å². The molecule has 0 unspecified atom stereocenters. The van der Waals surface area contributed by atoms with Gasteiger partial charge in [0.2, 0.25) is 0 Å². The van der Waals surface area contributed by atoms with Crippen molar-refractivity contribution in [1.82, 2.24) is 4.57 Å². The fourth-order valence-corrected chi connectivity index (χ4v) is 1.97. The van der Waals surface area contributed by atoms with Gasteiger partial charge in [-0.2, -0.15) is 0 Å². The Bertz CT molecular complexity index is 565. The van der Waals surface area contributed by atoms with Gasteiger partial charge in [0.25, 0.3) is 0 Å². The van der Waals surface area contributed by atoms with E-state index in [1.165, 1.54) is 16.3 Å². The Morgan fingerprint density at radius 2 is 2.00 bits per heavy atom. The van der Waals surface area contributed by atoms with Crippen LogP contribution in [0.15, 0.2) is 36.4 Å². The Morgan fingerprint density at radius 1 is 1.00 bits per heavy atom. The highest BCUT2D eigenvalue weighted by molar-refractivity contribution is 5.51. The first-order valence-corrected chi connectivity index (χ1v) is 4.87. The van der Waals surface area contributed by atoms with Crippen LogP contribution in [0, 0.1) is 0 Å². The van der Waals surface area contributed by atoms with Crippen LogP contribution in [0.1, 0.15) is 5.56 Å². The standard InChI is InChI=1S/C13H11N/c1-2-7-12-10-11-6-3-4-8-13(11)14(12)9-5-1/h1-5,7-10H,6H2. The normalized spacial score (nSPS) is 16.6. The van der Waals surface area contributed by atoms with Crippen molar-refractivity contribution in [3.63, 3.8) is 0 Å². The first kappa shape index (κ1) is 7.63. The van der Waals surface area contributed by atoms with Crippen LogP contribution in [0.5, 0.6) is 0 Å². The molecule has 0 saturated carbocycles. The van der Waals surface area contributed by atoms with Gasteiger partial charge in [0.05, 0.1) is 0 Å². The second kappa shape index (κ2) is 2.88. The SMILES string of the molecule is C1=CC=c2cc3c(n2C=C1)=CC=CC3. The molecule has 1 heteroatoms. The van der Waals surface area contributed by atoms with Gasteiger partial charge >= 0.3 is 0 Å². The highest BCUT2D eigenvalue weighted by Gasteiger charge is 2.04. The maximum atomic E-state index is 2.26. The summed E-state index contributed by atoms with van der Waals surface area (Å²) in [6.45, 7) is 0. The summed E-state index contributed by atoms with van der Waals surface area (Å²) in [5, 5.41) is 2.58. The second-order valence-corrected chi connectivity index (χ2v) is 3.54. The van der Waals surface area contributed by atoms with E-state index in [0.29, 0.717) is 0 Å². The van der Waals surface area contributed by atoms with Crippen LogP contribution in [-0.4, -0.2) is 4.57 Å². The minimum absolute atomic E-state index is 1.05. The Labute approximate surface area is 82.7 Å². The quantitative estimate of drug-likeness (QED) is 0.567. The molecule has 14 heavy (non-hydrogen) atoms. The molecular formula is C13H11N. The highest BCUT2D eigenvalue weighted by atomic mass is 14.9. The molecule has 0 radical (unpaired) electrons. The Hall–Kier alpha value is -1.76. The maximum absolute atomic E-state index is 2.26. The number of rotatable bonds is 0. The van der Waals surface area contributed by atoms with E-state index in [1.54, 1.807) is 0 Å². The van der Waals surface area contributed by atoms with Crippen LogP contribution < -0.4 is 10.7 Å². The molecule has 0 spiro atoms. The number of hydrogen-bond acceptors (Lipinski definition) is 0. The fourth-order valence-electron chi connectivity index (χ4n) is 1.97. The monoisotopic (exact) mass is 181 g/mol. The van der Waals surface area contributed by atoms with Crippen molar-refractivity contribution in [1.29, 1.82) is 0 Å². The number of aromatic nitrogens is 1. The summed E-state index contributed by atoms with van der Waals surface area (Å²) in [4.78, 5) is 0. The third kappa shape index (κ3) is 1.02. The van der Waals surface area contributed by atoms with Gasteiger partial charge < -0.3 is 4.57 Å². The summed E-state index contributed by atoms with van der Waals surface area (Å²) in [5.74, 6) is 0. The third-order valence-corrected chi connectivity index (χ3v) is 2.64. The van der Waals surface area contributed by atoms with Gasteiger partial charge in [-0.05, 0) is 36.3 Å². The summed E-state index contributed by atoms with van der Waals surface area (Å²) < 4.78 is 2.23. The maximum Gasteiger partial charge on any atom is 0.0491 e. The van der Waals surface area contributed by atoms with Gasteiger partial charge in [0.1, 0.15) is 0 Å². The van der Waals surface area contributed by atoms with Gasteiger partial charge in [-0.15, -0.1) is 0 Å². The minimum Gasteiger partial charge on any atom is -0.317 e. The van der Waals surface area contributed by atoms with Crippen LogP contribution in [0.4, 0.5) is 0 Å². The summed E-state index contributed by atoms with van der Waals surface area (Å²) in [6.07, 6.45) is 18.0. The largest absolute Gasteiger partial charge is 0.317 e. The van der Waals surface area contributed by atoms with Crippen LogP contribution in [0.2, 0.25) is 0 Å². The van der Waals surface area contributed by atoms with Crippen molar-refractivity contribution in [2.24, 2.45) is 0 Å². The average molecular weight is 181 g/mol. The molecule has 0 fully saturated rings. The zero-order valence-electron chi connectivity index (χ0n) is 7.85. The highest BCUT2D eigenvalue weighted by Crippen LogP contribution is 2.00. The molecule has 0 aromatic carbocycles. The molecule has 1 nitrogen and oxygen atoms in total. The fraction of sp³-hybridized carbons (Fsp3) is 0.0769. The average Bonchev–Trinajstić information content (AvgIpc) is 2.42. The predicted molar refractivity (Wildman–Crippen MR) is 59.9 cm³/mol. The lowest BCUT2D eigenvalue weighted by Crippen LogP contribution is -2.23. The molecule has 2 aliphatic rings. The van der Waals surface area contributed by atoms with Crippen molar-refractivity contribution in [2.45, 2.75) is 6.42 Å². The smallest absolute Gasteiger partial charge is 0.0491 e. The minimum atomic E-state index is 1.05. The Balaban J connectivity index is 2.42. The van der Waals surface area contributed by atoms with Crippen LogP contribution in [-0.2, 0) is 6.42 Å². The third-order valence-electron chi connectivity index (χ3n) is 2.64. The van der Waals surface area contributed by atoms with E-state index < -0.39 is 0 Å². The van der Waals surface area contributed by atoms with E-state index in [0.717, 1.165) is 6.42 Å². The van der Waals surface area contributed by atoms with Crippen molar-refractivity contribution in [2.75, 3.05) is 0 Å². The zero-order valence-corrected chi connectivity index (χ0v) is 7.85. The lowest BCUT2D eigenvalue weighted by molar-refractivity contribution is 1.05. The summed E-state index contributed by atoms with van der Waals surface area (Å²) in [6, 6.07) is 2.26. The van der Waals surface area contributed by atoms with Crippen molar-refractivity contribution in [3.8, 4) is 0 Å². The van der Waals surface area contributed by atoms with Crippen LogP contribution >= 0.6 is 0 Å². The molecule has 2 heterocycles. The van der Waals surface area contributed by atoms with Crippen molar-refractivity contribution < 1.29 is 0 Å². The van der Waals surface area contributed by atoms with Crippen molar-refractivity contribution in [3.05, 3.63) is 52.7 Å². The van der Waals surface area contributed by atoms with E-state index in [2.05, 4.69) is 59.4 Å². The molecule has 0 N–H and O–H groups in total. The molecule has 1 aliphatic carbocycles. The molecule has 1 aromatic rings. The predicted octanol–water partition coefficient (Wildman–Crippen LogP) is 1.20. The molecule has 1 aromatic heterocycles. The van der Waals surface area contributed by atoms with Gasteiger partial charge in [-0.3, -0.25) is 0 Å². The summed E-state index contributed by atoms with van der Waals surface area (Å²) in [7, 11) is 0. The lowest BCUT2D eigenvalue weighted by atomic mass is 10.1. The molecule has 0 amide bonds. The number of fused-ring (bicyclic) bond motifs is 3. The van der Waals surface area contributed by atoms with E-state index >= 15 is 0 Å². The first-order valence-electron chi connectivity index (χ1n) is 4.87. The van der Waals surface area contributed by atoms with E-state index in [4.69, 9.17) is 0 Å². The summed E-state index contributed by atoms with van der Waals surface area (Å²) in [5.41, 5.74) is 1.42. The van der Waals surface area contributed by atoms with Gasteiger partial charge in [0, 0.05) is 16.9 Å². The topological polar surface area (TPSA) is 4.93 Å². The van der Waals surface area contributed by atoms with E-state index in [9.17, 15) is 0 Å². The molecular weight excluding hydrogens is 170 g/mol. The van der Waals surface area contributed by atoms with Gasteiger partial charge in [-0.1, -0.05) is 24.3 Å². The van der Waals surface area contributed by atoms with Crippen LogP contribution in [0.3, 0.4) is 0 Å². The molecule has 0 bridgehead atoms. The second-order valence-electron chi connectivity index (χ2n) is 3.54.